The highest BCUT2D eigenvalue weighted by Crippen LogP contribution is 2.23. The molecule has 1 unspecified atom stereocenters. The molecule has 1 N–H and O–H groups in total. The van der Waals surface area contributed by atoms with E-state index < -0.39 is 5.92 Å². The van der Waals surface area contributed by atoms with Crippen molar-refractivity contribution >= 4 is 11.5 Å². The zero-order valence-electron chi connectivity index (χ0n) is 18.3. The fourth-order valence-electron chi connectivity index (χ4n) is 2.91. The van der Waals surface area contributed by atoms with Gasteiger partial charge in [-0.15, -0.1) is 0 Å². The molecule has 0 spiro atoms. The lowest BCUT2D eigenvalue weighted by Gasteiger charge is -2.11. The van der Waals surface area contributed by atoms with Crippen LogP contribution in [0.2, 0.25) is 0 Å². The molecule has 2 aromatic rings. The van der Waals surface area contributed by atoms with Gasteiger partial charge in [-0.25, -0.2) is 0 Å². The molecular weight excluding hydrogens is 400 g/mol. The molecule has 0 heterocycles. The first-order valence-corrected chi connectivity index (χ1v) is 10.4. The van der Waals surface area contributed by atoms with E-state index in [9.17, 15) is 10.1 Å². The summed E-state index contributed by atoms with van der Waals surface area (Å²) < 4.78 is 11.5. The maximum absolute atomic E-state index is 11.6. The van der Waals surface area contributed by atoms with Gasteiger partial charge in [-0.2, -0.15) is 5.26 Å². The molecule has 0 aliphatic heterocycles. The van der Waals surface area contributed by atoms with Crippen molar-refractivity contribution in [3.63, 3.8) is 0 Å². The van der Waals surface area contributed by atoms with Crippen LogP contribution in [-0.2, 0) is 11.4 Å². The van der Waals surface area contributed by atoms with Crippen LogP contribution in [0.15, 0.2) is 85.5 Å². The summed E-state index contributed by atoms with van der Waals surface area (Å²) in [5, 5.41) is 17.4. The molecule has 0 amide bonds. The predicted molar refractivity (Wildman–Crippen MR) is 127 cm³/mol. The lowest BCUT2D eigenvalue weighted by Crippen LogP contribution is -2.11. The standard InChI is InChI=1S/C27H28N2O3/c1-4-7-21(5-2)27(29)19-32-25-12-8-20(9-13-25)18-31-26-14-10-22(11-15-26)23(17-28)16-24(30)6-3/h4-5,7-15,23,29H,1-2,6,16,18-19H2,3H3/b21-7+,29-27?. The number of carbonyl (C=O) groups excluding carboxylic acids is 1. The molecule has 164 valence electrons. The fourth-order valence-corrected chi connectivity index (χ4v) is 2.91. The third kappa shape index (κ3) is 7.41. The van der Waals surface area contributed by atoms with E-state index in [4.69, 9.17) is 14.9 Å². The van der Waals surface area contributed by atoms with Crippen molar-refractivity contribution in [2.45, 2.75) is 32.3 Å². The van der Waals surface area contributed by atoms with Crippen molar-refractivity contribution in [1.29, 1.82) is 10.7 Å². The SMILES string of the molecule is C=C/C=C(\C=C)C(=N)COc1ccc(COc2ccc(C(C#N)CC(=O)CC)cc2)cc1. The van der Waals surface area contributed by atoms with Crippen LogP contribution in [0.4, 0.5) is 0 Å². The first-order chi connectivity index (χ1) is 15.5. The largest absolute Gasteiger partial charge is 0.489 e. The second-order valence-corrected chi connectivity index (χ2v) is 7.11. The van der Waals surface area contributed by atoms with E-state index in [0.29, 0.717) is 35.8 Å². The number of nitriles is 1. The van der Waals surface area contributed by atoms with Crippen molar-refractivity contribution in [2.75, 3.05) is 6.61 Å². The Morgan fingerprint density at radius 1 is 1.09 bits per heavy atom. The first-order valence-electron chi connectivity index (χ1n) is 10.4. The second-order valence-electron chi connectivity index (χ2n) is 7.11. The van der Waals surface area contributed by atoms with Gasteiger partial charge in [-0.05, 0) is 41.0 Å². The van der Waals surface area contributed by atoms with Gasteiger partial charge in [0, 0.05) is 12.8 Å². The Labute approximate surface area is 189 Å². The number of allylic oxidation sites excluding steroid dienone is 3. The van der Waals surface area contributed by atoms with Crippen molar-refractivity contribution in [2.24, 2.45) is 0 Å². The average molecular weight is 429 g/mol. The zero-order valence-corrected chi connectivity index (χ0v) is 18.3. The minimum atomic E-state index is -0.430. The van der Waals surface area contributed by atoms with Gasteiger partial charge in [0.15, 0.2) is 0 Å². The summed E-state index contributed by atoms with van der Waals surface area (Å²) in [6.07, 6.45) is 5.61. The van der Waals surface area contributed by atoms with Gasteiger partial charge in [0.1, 0.15) is 30.5 Å². The van der Waals surface area contributed by atoms with Gasteiger partial charge in [0.2, 0.25) is 0 Å². The van der Waals surface area contributed by atoms with Gasteiger partial charge < -0.3 is 14.9 Å². The molecule has 2 aromatic carbocycles. The number of carbonyl (C=O) groups is 1. The molecule has 0 aliphatic carbocycles. The molecule has 0 fully saturated rings. The summed E-state index contributed by atoms with van der Waals surface area (Å²) in [5.41, 5.74) is 2.79. The third-order valence-electron chi connectivity index (χ3n) is 4.84. The van der Waals surface area contributed by atoms with Crippen LogP contribution in [0.25, 0.3) is 0 Å². The highest BCUT2D eigenvalue weighted by molar-refractivity contribution is 6.01. The molecule has 0 aromatic heterocycles. The second kappa shape index (κ2) is 12.7. The van der Waals surface area contributed by atoms with Crippen LogP contribution in [0.5, 0.6) is 11.5 Å². The van der Waals surface area contributed by atoms with Gasteiger partial charge in [0.05, 0.1) is 17.7 Å². The summed E-state index contributed by atoms with van der Waals surface area (Å²) in [5.74, 6) is 0.997. The minimum absolute atomic E-state index is 0.0792. The Morgan fingerprint density at radius 2 is 1.72 bits per heavy atom. The highest BCUT2D eigenvalue weighted by Gasteiger charge is 2.14. The van der Waals surface area contributed by atoms with Crippen LogP contribution < -0.4 is 9.47 Å². The molecule has 0 saturated heterocycles. The van der Waals surface area contributed by atoms with E-state index in [0.717, 1.165) is 11.1 Å². The summed E-state index contributed by atoms with van der Waals surface area (Å²) in [7, 11) is 0. The molecule has 32 heavy (non-hydrogen) atoms. The van der Waals surface area contributed by atoms with E-state index in [-0.39, 0.29) is 18.8 Å². The third-order valence-corrected chi connectivity index (χ3v) is 4.84. The molecule has 5 nitrogen and oxygen atoms in total. The normalized spacial score (nSPS) is 11.7. The summed E-state index contributed by atoms with van der Waals surface area (Å²) >= 11 is 0. The Hall–Kier alpha value is -3.91. The monoisotopic (exact) mass is 428 g/mol. The lowest BCUT2D eigenvalue weighted by molar-refractivity contribution is -0.118. The fraction of sp³-hybridized carbons (Fsp3) is 0.222. The average Bonchev–Trinajstić information content (AvgIpc) is 2.83. The number of rotatable bonds is 13. The van der Waals surface area contributed by atoms with Crippen LogP contribution in [0.3, 0.4) is 0 Å². The Bertz CT molecular complexity index is 1010. The summed E-state index contributed by atoms with van der Waals surface area (Å²) in [6.45, 7) is 9.65. The van der Waals surface area contributed by atoms with Gasteiger partial charge >= 0.3 is 0 Å². The Kier molecular flexibility index (Phi) is 9.68. The number of nitrogens with one attached hydrogen (secondary N) is 1. The molecule has 0 aliphatic rings. The van der Waals surface area contributed by atoms with Crippen LogP contribution in [-0.4, -0.2) is 18.1 Å². The smallest absolute Gasteiger partial charge is 0.134 e. The van der Waals surface area contributed by atoms with E-state index in [1.165, 1.54) is 0 Å². The molecule has 0 saturated carbocycles. The number of hydrogen-bond acceptors (Lipinski definition) is 5. The molecular formula is C27H28N2O3. The van der Waals surface area contributed by atoms with E-state index in [1.54, 1.807) is 25.2 Å². The zero-order chi connectivity index (χ0) is 23.3. The topological polar surface area (TPSA) is 83.2 Å². The molecule has 2 rings (SSSR count). The number of nitrogens with zero attached hydrogens (tertiary/aromatic N) is 1. The van der Waals surface area contributed by atoms with E-state index >= 15 is 0 Å². The van der Waals surface area contributed by atoms with Crippen molar-refractivity contribution in [1.82, 2.24) is 0 Å². The van der Waals surface area contributed by atoms with Crippen molar-refractivity contribution in [3.05, 3.63) is 96.6 Å². The molecule has 0 bridgehead atoms. The summed E-state index contributed by atoms with van der Waals surface area (Å²) in [6, 6.07) is 17.0. The number of ether oxygens (including phenoxy) is 2. The van der Waals surface area contributed by atoms with E-state index in [1.807, 2.05) is 48.5 Å². The lowest BCUT2D eigenvalue weighted by atomic mass is 9.94. The Balaban J connectivity index is 1.88. The first kappa shape index (κ1) is 24.4. The minimum Gasteiger partial charge on any atom is -0.489 e. The maximum atomic E-state index is 11.6. The maximum Gasteiger partial charge on any atom is 0.134 e. The number of Topliss-reactive ketones (excluding diaryl/α,β-unsaturated/α-hetero) is 1. The molecule has 5 heteroatoms. The molecule has 0 radical (unpaired) electrons. The van der Waals surface area contributed by atoms with Crippen LogP contribution in [0.1, 0.15) is 36.8 Å². The predicted octanol–water partition coefficient (Wildman–Crippen LogP) is 5.94. The quantitative estimate of drug-likeness (QED) is 0.316. The Morgan fingerprint density at radius 3 is 2.28 bits per heavy atom. The van der Waals surface area contributed by atoms with Crippen LogP contribution in [0, 0.1) is 16.7 Å². The van der Waals surface area contributed by atoms with Gasteiger partial charge in [-0.1, -0.05) is 62.6 Å². The molecule has 1 atom stereocenters. The number of ketones is 1. The van der Waals surface area contributed by atoms with Crippen molar-refractivity contribution in [3.8, 4) is 17.6 Å². The van der Waals surface area contributed by atoms with Gasteiger partial charge in [0.25, 0.3) is 0 Å². The highest BCUT2D eigenvalue weighted by atomic mass is 16.5. The summed E-state index contributed by atoms with van der Waals surface area (Å²) in [4.78, 5) is 11.6. The number of benzene rings is 2. The van der Waals surface area contributed by atoms with E-state index in [2.05, 4.69) is 19.2 Å². The van der Waals surface area contributed by atoms with Crippen molar-refractivity contribution < 1.29 is 14.3 Å². The number of hydrogen-bond donors (Lipinski definition) is 1. The van der Waals surface area contributed by atoms with Crippen LogP contribution >= 0.6 is 0 Å². The van der Waals surface area contributed by atoms with Gasteiger partial charge in [-0.3, -0.25) is 4.79 Å².